The van der Waals surface area contributed by atoms with E-state index in [-0.39, 0.29) is 23.8 Å². The first-order chi connectivity index (χ1) is 16.5. The van der Waals surface area contributed by atoms with Crippen LogP contribution in [0.4, 0.5) is 0 Å². The van der Waals surface area contributed by atoms with E-state index in [9.17, 15) is 4.79 Å². The van der Waals surface area contributed by atoms with Crippen LogP contribution in [0.5, 0.6) is 0 Å². The van der Waals surface area contributed by atoms with E-state index in [1.165, 1.54) is 15.4 Å². The molecule has 1 amide bonds. The van der Waals surface area contributed by atoms with Gasteiger partial charge in [0, 0.05) is 21.1 Å². The average molecular weight is 514 g/mol. The Kier molecular flexibility index (Phi) is 9.51. The smallest absolute Gasteiger partial charge is 0.261 e. The van der Waals surface area contributed by atoms with Crippen molar-refractivity contribution >= 4 is 32.7 Å². The van der Waals surface area contributed by atoms with Gasteiger partial charge in [-0.2, -0.15) is 0 Å². The zero-order valence-electron chi connectivity index (χ0n) is 22.4. The van der Waals surface area contributed by atoms with Crippen LogP contribution in [0.25, 0.3) is 0 Å². The van der Waals surface area contributed by atoms with E-state index in [2.05, 4.69) is 88.9 Å². The van der Waals surface area contributed by atoms with E-state index in [1.54, 1.807) is 0 Å². The van der Waals surface area contributed by atoms with Crippen molar-refractivity contribution in [3.8, 4) is 0 Å². The van der Waals surface area contributed by atoms with Crippen LogP contribution in [0.15, 0.2) is 60.7 Å². The minimum absolute atomic E-state index is 0.0149. The summed E-state index contributed by atoms with van der Waals surface area (Å²) in [7, 11) is -3.84. The molecule has 192 valence electrons. The molecule has 1 saturated heterocycles. The number of carbonyl (C=O) groups excluding carboxylic acids is 1. The second-order valence-corrected chi connectivity index (χ2v) is 21.6. The number of benzene rings is 2. The first-order valence-electron chi connectivity index (χ1n) is 12.8. The maximum atomic E-state index is 12.8. The quantitative estimate of drug-likeness (QED) is 0.236. The summed E-state index contributed by atoms with van der Waals surface area (Å²) < 4.78 is 12.8. The molecule has 3 rings (SSSR count). The summed E-state index contributed by atoms with van der Waals surface area (Å²) in [6.07, 6.45) is 2.22. The van der Waals surface area contributed by atoms with Crippen molar-refractivity contribution in [2.45, 2.75) is 76.8 Å². The summed E-state index contributed by atoms with van der Waals surface area (Å²) in [5.74, 6) is 0.0149. The van der Waals surface area contributed by atoms with Crippen molar-refractivity contribution < 1.29 is 18.8 Å². The van der Waals surface area contributed by atoms with E-state index in [0.29, 0.717) is 19.6 Å². The second-order valence-electron chi connectivity index (χ2n) is 11.7. The molecule has 35 heavy (non-hydrogen) atoms. The van der Waals surface area contributed by atoms with Crippen molar-refractivity contribution in [1.82, 2.24) is 5.06 Å². The number of piperidine rings is 1. The molecule has 2 aromatic carbocycles. The van der Waals surface area contributed by atoms with Crippen molar-refractivity contribution in [2.24, 2.45) is 0 Å². The highest BCUT2D eigenvalue weighted by Crippen LogP contribution is 2.37. The minimum atomic E-state index is -2.67. The normalized spacial score (nSPS) is 17.6. The van der Waals surface area contributed by atoms with E-state index in [4.69, 9.17) is 14.0 Å². The van der Waals surface area contributed by atoms with Crippen molar-refractivity contribution in [3.05, 3.63) is 60.7 Å². The molecule has 0 saturated carbocycles. The molecule has 1 heterocycles. The maximum absolute atomic E-state index is 12.8. The van der Waals surface area contributed by atoms with Gasteiger partial charge in [-0.15, -0.1) is 0 Å². The van der Waals surface area contributed by atoms with Gasteiger partial charge in [-0.1, -0.05) is 101 Å². The maximum Gasteiger partial charge on any atom is 0.261 e. The van der Waals surface area contributed by atoms with Gasteiger partial charge in [0.1, 0.15) is 0 Å². The molecule has 2 aromatic rings. The fraction of sp³-hybridized carbons (Fsp3) is 0.536. The highest BCUT2D eigenvalue weighted by molar-refractivity contribution is 6.99. The highest BCUT2D eigenvalue weighted by atomic mass is 28.4. The van der Waals surface area contributed by atoms with E-state index >= 15 is 0 Å². The molecular formula is C28H43NO4Si2. The largest absolute Gasteiger partial charge is 0.405 e. The molecule has 0 aliphatic carbocycles. The van der Waals surface area contributed by atoms with Crippen LogP contribution < -0.4 is 10.4 Å². The van der Waals surface area contributed by atoms with Gasteiger partial charge in [-0.05, 0) is 34.3 Å². The lowest BCUT2D eigenvalue weighted by atomic mass is 10.1. The molecule has 1 atom stereocenters. The molecule has 0 spiro atoms. The number of hydrogen-bond acceptors (Lipinski definition) is 4. The number of carbonyl (C=O) groups is 1. The van der Waals surface area contributed by atoms with Gasteiger partial charge in [-0.3, -0.25) is 4.79 Å². The molecule has 0 aromatic heterocycles. The van der Waals surface area contributed by atoms with Crippen molar-refractivity contribution in [3.63, 3.8) is 0 Å². The van der Waals surface area contributed by atoms with Crippen LogP contribution in [0.2, 0.25) is 30.7 Å². The zero-order chi connectivity index (χ0) is 25.5. The Bertz CT molecular complexity index is 886. The summed E-state index contributed by atoms with van der Waals surface area (Å²) >= 11 is 0. The molecule has 0 radical (unpaired) electrons. The van der Waals surface area contributed by atoms with Crippen LogP contribution in [0.1, 0.15) is 40.0 Å². The predicted molar refractivity (Wildman–Crippen MR) is 148 cm³/mol. The van der Waals surface area contributed by atoms with E-state index in [1.807, 2.05) is 12.1 Å². The predicted octanol–water partition coefficient (Wildman–Crippen LogP) is 5.19. The number of hydrogen-bond donors (Lipinski definition) is 0. The molecular weight excluding hydrogens is 470 g/mol. The fourth-order valence-corrected chi connectivity index (χ4v) is 10.1. The summed E-state index contributed by atoms with van der Waals surface area (Å²) in [5.41, 5.74) is 0. The average Bonchev–Trinajstić information content (AvgIpc) is 2.80. The molecule has 0 bridgehead atoms. The van der Waals surface area contributed by atoms with Gasteiger partial charge in [0.25, 0.3) is 8.32 Å². The van der Waals surface area contributed by atoms with Crippen LogP contribution in [-0.4, -0.2) is 53.4 Å². The van der Waals surface area contributed by atoms with E-state index in [0.717, 1.165) is 18.9 Å². The van der Waals surface area contributed by atoms with Crippen molar-refractivity contribution in [1.29, 1.82) is 0 Å². The molecule has 0 N–H and O–H groups in total. The second kappa shape index (κ2) is 12.0. The Balaban J connectivity index is 1.80. The van der Waals surface area contributed by atoms with Crippen LogP contribution >= 0.6 is 0 Å². The number of amides is 1. The molecule has 0 unspecified atom stereocenters. The third-order valence-corrected chi connectivity index (χ3v) is 13.4. The topological polar surface area (TPSA) is 48.0 Å². The SMILES string of the molecule is CC(C)(C)[Si](OC[C@@H]1CCCC(=O)N1OCOCC[Si](C)(C)C)(c1ccccc1)c1ccccc1. The monoisotopic (exact) mass is 513 g/mol. The van der Waals surface area contributed by atoms with Crippen LogP contribution in [-0.2, 0) is 18.8 Å². The first-order valence-corrected chi connectivity index (χ1v) is 18.4. The lowest BCUT2D eigenvalue weighted by Gasteiger charge is -2.44. The number of ether oxygens (including phenoxy) is 1. The Morgan fingerprint density at radius 1 is 0.943 bits per heavy atom. The van der Waals surface area contributed by atoms with Gasteiger partial charge in [0.2, 0.25) is 5.91 Å². The molecule has 1 aliphatic heterocycles. The summed E-state index contributed by atoms with van der Waals surface area (Å²) in [4.78, 5) is 18.7. The highest BCUT2D eigenvalue weighted by Gasteiger charge is 2.50. The molecule has 7 heteroatoms. The van der Waals surface area contributed by atoms with Gasteiger partial charge < -0.3 is 9.16 Å². The minimum Gasteiger partial charge on any atom is -0.405 e. The van der Waals surface area contributed by atoms with Crippen LogP contribution in [0, 0.1) is 0 Å². The van der Waals surface area contributed by atoms with Gasteiger partial charge in [-0.25, -0.2) is 9.90 Å². The number of hydroxylamine groups is 2. The van der Waals surface area contributed by atoms with Gasteiger partial charge >= 0.3 is 0 Å². The number of rotatable bonds is 11. The third kappa shape index (κ3) is 7.14. The summed E-state index contributed by atoms with van der Waals surface area (Å²) in [6, 6.07) is 22.2. The standard InChI is InChI=1S/C28H43NO4Si2/c1-28(2,3)35(25-15-9-7-10-16-25,26-17-11-8-12-18-26)33-22-24-14-13-19-27(30)29(24)32-23-31-20-21-34(4,5)6/h7-12,15-18,24H,13-14,19-23H2,1-6H3/t24-/m0/s1. The fourth-order valence-electron chi connectivity index (χ4n) is 4.76. The lowest BCUT2D eigenvalue weighted by Crippen LogP contribution is -2.67. The number of nitrogens with zero attached hydrogens (tertiary/aromatic N) is 1. The van der Waals surface area contributed by atoms with Crippen molar-refractivity contribution in [2.75, 3.05) is 20.0 Å². The third-order valence-electron chi connectivity index (χ3n) is 6.69. The molecule has 1 aliphatic rings. The zero-order valence-corrected chi connectivity index (χ0v) is 24.4. The van der Waals surface area contributed by atoms with Gasteiger partial charge in [0.05, 0.1) is 12.6 Å². The van der Waals surface area contributed by atoms with Crippen LogP contribution in [0.3, 0.4) is 0 Å². The Labute approximate surface area is 213 Å². The lowest BCUT2D eigenvalue weighted by molar-refractivity contribution is -0.246. The molecule has 1 fully saturated rings. The van der Waals surface area contributed by atoms with Gasteiger partial charge in [0.15, 0.2) is 6.79 Å². The Hall–Kier alpha value is -1.78. The molecule has 5 nitrogen and oxygen atoms in total. The Morgan fingerprint density at radius 3 is 2.03 bits per heavy atom. The summed E-state index contributed by atoms with van der Waals surface area (Å²) in [5, 5.41) is 3.90. The van der Waals surface area contributed by atoms with E-state index < -0.39 is 16.4 Å². The first kappa shape index (κ1) is 27.8. The Morgan fingerprint density at radius 2 is 1.51 bits per heavy atom. The summed E-state index contributed by atoms with van der Waals surface area (Å²) in [6.45, 7) is 15.0.